The Bertz CT molecular complexity index is 798. The van der Waals surface area contributed by atoms with Gasteiger partial charge in [0.25, 0.3) is 0 Å². The molecule has 2 aliphatic rings. The average molecular weight is 394 g/mol. The molecule has 2 aromatic rings. The fourth-order valence-corrected chi connectivity index (χ4v) is 3.37. The Balaban J connectivity index is 0.00000210. The third-order valence-corrected chi connectivity index (χ3v) is 4.82. The number of fused-ring (bicyclic) bond motifs is 1. The molecule has 0 aliphatic carbocycles. The van der Waals surface area contributed by atoms with Crippen LogP contribution in [0.2, 0.25) is 6.32 Å². The van der Waals surface area contributed by atoms with E-state index in [9.17, 15) is 14.9 Å². The van der Waals surface area contributed by atoms with E-state index in [0.717, 1.165) is 37.2 Å². The number of aromatic carboxylic acids is 1. The monoisotopic (exact) mass is 393 g/mol. The lowest BCUT2D eigenvalue weighted by atomic mass is 9.78. The highest BCUT2D eigenvalue weighted by molar-refractivity contribution is 6.44. The number of carboxylic acid groups (broad SMARTS) is 1. The first-order valence-electron chi connectivity index (χ1n) is 8.70. The van der Waals surface area contributed by atoms with E-state index in [1.54, 1.807) is 6.07 Å². The predicted molar refractivity (Wildman–Crippen MR) is 101 cm³/mol. The lowest BCUT2D eigenvalue weighted by molar-refractivity contribution is 0.0196. The summed E-state index contributed by atoms with van der Waals surface area (Å²) in [5, 5.41) is 26.0. The summed E-state index contributed by atoms with van der Waals surface area (Å²) >= 11 is 0. The minimum absolute atomic E-state index is 0. The van der Waals surface area contributed by atoms with Crippen molar-refractivity contribution in [2.24, 2.45) is 0 Å². The number of aromatic amines is 1. The maximum Gasteiger partial charge on any atom is 0.522 e. The SMILES string of the molecule is Cl.O=C(O)c1c(OC2CN(CCc3cn[nH]c3)C2)ccc2c1OB(O)CC2. The summed E-state index contributed by atoms with van der Waals surface area (Å²) < 4.78 is 11.3. The van der Waals surface area contributed by atoms with E-state index in [1.165, 1.54) is 0 Å². The first-order valence-corrected chi connectivity index (χ1v) is 8.70. The lowest BCUT2D eigenvalue weighted by Gasteiger charge is -2.39. The molecule has 1 saturated heterocycles. The van der Waals surface area contributed by atoms with Crippen LogP contribution in [0.3, 0.4) is 0 Å². The van der Waals surface area contributed by atoms with Crippen LogP contribution in [0.15, 0.2) is 24.5 Å². The smallest absolute Gasteiger partial charge is 0.522 e. The van der Waals surface area contributed by atoms with E-state index in [1.807, 2.05) is 18.5 Å². The number of nitrogens with one attached hydrogen (secondary N) is 1. The quantitative estimate of drug-likeness (QED) is 0.634. The van der Waals surface area contributed by atoms with E-state index in [-0.39, 0.29) is 29.8 Å². The normalized spacial score (nSPS) is 16.7. The number of halogens is 1. The van der Waals surface area contributed by atoms with Crippen molar-refractivity contribution in [3.05, 3.63) is 41.2 Å². The summed E-state index contributed by atoms with van der Waals surface area (Å²) in [6.07, 6.45) is 5.60. The van der Waals surface area contributed by atoms with Crippen molar-refractivity contribution in [3.8, 4) is 11.5 Å². The van der Waals surface area contributed by atoms with Crippen molar-refractivity contribution in [2.75, 3.05) is 19.6 Å². The molecule has 0 amide bonds. The molecule has 8 nitrogen and oxygen atoms in total. The van der Waals surface area contributed by atoms with Crippen LogP contribution >= 0.6 is 12.4 Å². The molecular weight excluding hydrogens is 372 g/mol. The molecule has 4 rings (SSSR count). The standard InChI is InChI=1S/C17H20BN3O5.ClH/c22-17(23)15-14(2-1-12-3-5-18(24)26-16(12)15)25-13-9-21(10-13)6-4-11-7-19-20-8-11;/h1-2,7-8,13,24H,3-6,9-10H2,(H,19,20)(H,22,23);1H. The van der Waals surface area contributed by atoms with E-state index in [0.29, 0.717) is 18.5 Å². The maximum absolute atomic E-state index is 11.7. The topological polar surface area (TPSA) is 108 Å². The highest BCUT2D eigenvalue weighted by atomic mass is 35.5. The molecule has 1 aromatic heterocycles. The van der Waals surface area contributed by atoms with E-state index in [2.05, 4.69) is 15.1 Å². The van der Waals surface area contributed by atoms with Crippen LogP contribution in [-0.2, 0) is 12.8 Å². The number of aromatic nitrogens is 2. The zero-order valence-electron chi connectivity index (χ0n) is 14.6. The van der Waals surface area contributed by atoms with Gasteiger partial charge >= 0.3 is 13.1 Å². The number of nitrogens with zero attached hydrogens (tertiary/aromatic N) is 2. The van der Waals surface area contributed by atoms with Crippen LogP contribution in [0.25, 0.3) is 0 Å². The summed E-state index contributed by atoms with van der Waals surface area (Å²) in [7, 11) is -0.974. The molecule has 0 atom stereocenters. The van der Waals surface area contributed by atoms with E-state index >= 15 is 0 Å². The second kappa shape index (κ2) is 8.20. The van der Waals surface area contributed by atoms with Gasteiger partial charge in [-0.15, -0.1) is 12.4 Å². The van der Waals surface area contributed by atoms with Crippen LogP contribution in [-0.4, -0.2) is 64.1 Å². The van der Waals surface area contributed by atoms with Gasteiger partial charge < -0.3 is 19.5 Å². The van der Waals surface area contributed by atoms with Crippen LogP contribution in [0.4, 0.5) is 0 Å². The Kier molecular flexibility index (Phi) is 5.93. The number of carboxylic acids is 1. The van der Waals surface area contributed by atoms with Gasteiger partial charge in [-0.05, 0) is 36.4 Å². The van der Waals surface area contributed by atoms with Gasteiger partial charge in [0.15, 0.2) is 0 Å². The Labute approximate surface area is 163 Å². The van der Waals surface area contributed by atoms with Crippen LogP contribution in [0, 0.1) is 0 Å². The Morgan fingerprint density at radius 1 is 1.44 bits per heavy atom. The number of ether oxygens (including phenoxy) is 1. The number of H-pyrrole nitrogens is 1. The van der Waals surface area contributed by atoms with Gasteiger partial charge in [0.05, 0.1) is 6.20 Å². The summed E-state index contributed by atoms with van der Waals surface area (Å²) in [5.41, 5.74) is 1.95. The van der Waals surface area contributed by atoms with E-state index in [4.69, 9.17) is 9.39 Å². The van der Waals surface area contributed by atoms with Gasteiger partial charge in [-0.3, -0.25) is 10.00 Å². The number of aryl methyl sites for hydroxylation is 1. The molecule has 1 aromatic carbocycles. The van der Waals surface area contributed by atoms with Crippen molar-refractivity contribution in [2.45, 2.75) is 25.3 Å². The minimum Gasteiger partial charge on any atom is -0.535 e. The molecule has 3 heterocycles. The Hall–Kier alpha value is -2.23. The highest BCUT2D eigenvalue weighted by Gasteiger charge is 2.33. The summed E-state index contributed by atoms with van der Waals surface area (Å²) in [4.78, 5) is 14.0. The molecule has 0 unspecified atom stereocenters. The number of benzene rings is 1. The first-order chi connectivity index (χ1) is 12.6. The van der Waals surface area contributed by atoms with Gasteiger partial charge in [-0.2, -0.15) is 5.10 Å². The molecule has 144 valence electrons. The largest absolute Gasteiger partial charge is 0.535 e. The molecule has 0 radical (unpaired) electrons. The molecule has 1 fully saturated rings. The number of hydrogen-bond acceptors (Lipinski definition) is 6. The van der Waals surface area contributed by atoms with Crippen molar-refractivity contribution >= 4 is 25.5 Å². The fourth-order valence-electron chi connectivity index (χ4n) is 3.37. The molecule has 27 heavy (non-hydrogen) atoms. The summed E-state index contributed by atoms with van der Waals surface area (Å²) in [6, 6.07) is 3.51. The highest BCUT2D eigenvalue weighted by Crippen LogP contribution is 2.37. The van der Waals surface area contributed by atoms with Gasteiger partial charge in [0.2, 0.25) is 0 Å². The van der Waals surface area contributed by atoms with Crippen LogP contribution in [0.1, 0.15) is 21.5 Å². The Morgan fingerprint density at radius 3 is 2.96 bits per heavy atom. The van der Waals surface area contributed by atoms with Gasteiger partial charge in [-0.1, -0.05) is 6.07 Å². The van der Waals surface area contributed by atoms with Crippen LogP contribution in [0.5, 0.6) is 11.5 Å². The molecular formula is C17H21BClN3O5. The number of likely N-dealkylation sites (tertiary alicyclic amines) is 1. The van der Waals surface area contributed by atoms with Gasteiger partial charge in [0, 0.05) is 25.8 Å². The second-order valence-corrected chi connectivity index (χ2v) is 6.70. The maximum atomic E-state index is 11.7. The van der Waals surface area contributed by atoms with Crippen molar-refractivity contribution in [3.63, 3.8) is 0 Å². The number of carbonyl (C=O) groups is 1. The average Bonchev–Trinajstić information content (AvgIpc) is 3.09. The predicted octanol–water partition coefficient (Wildman–Crippen LogP) is 1.25. The van der Waals surface area contributed by atoms with Crippen molar-refractivity contribution in [1.29, 1.82) is 0 Å². The molecule has 0 saturated carbocycles. The molecule has 10 heteroatoms. The summed E-state index contributed by atoms with van der Waals surface area (Å²) in [5.74, 6) is -0.586. The Morgan fingerprint density at radius 2 is 2.26 bits per heavy atom. The number of rotatable bonds is 6. The number of hydrogen-bond donors (Lipinski definition) is 3. The van der Waals surface area contributed by atoms with Gasteiger partial charge in [-0.25, -0.2) is 4.79 Å². The van der Waals surface area contributed by atoms with E-state index < -0.39 is 13.1 Å². The lowest BCUT2D eigenvalue weighted by Crippen LogP contribution is -2.54. The first kappa shape index (κ1) is 19.5. The van der Waals surface area contributed by atoms with Crippen molar-refractivity contribution in [1.82, 2.24) is 15.1 Å². The third kappa shape index (κ3) is 4.21. The van der Waals surface area contributed by atoms with Crippen LogP contribution < -0.4 is 9.39 Å². The molecule has 2 aliphatic heterocycles. The summed E-state index contributed by atoms with van der Waals surface area (Å²) in [6.45, 7) is 2.40. The minimum atomic E-state index is -1.11. The fraction of sp³-hybridized carbons (Fsp3) is 0.412. The zero-order valence-corrected chi connectivity index (χ0v) is 15.4. The third-order valence-electron chi connectivity index (χ3n) is 4.82. The van der Waals surface area contributed by atoms with Crippen molar-refractivity contribution < 1.29 is 24.3 Å². The zero-order chi connectivity index (χ0) is 18.1. The molecule has 0 spiro atoms. The molecule has 3 N–H and O–H groups in total. The second-order valence-electron chi connectivity index (χ2n) is 6.70. The van der Waals surface area contributed by atoms with Gasteiger partial charge in [0.1, 0.15) is 23.2 Å². The molecule has 0 bridgehead atoms.